The summed E-state index contributed by atoms with van der Waals surface area (Å²) in [5, 5.41) is 15.3. The average molecular weight is 436 g/mol. The third-order valence-electron chi connectivity index (χ3n) is 6.60. The molecule has 30 heavy (non-hydrogen) atoms. The van der Waals surface area contributed by atoms with Gasteiger partial charge in [0.05, 0.1) is 6.54 Å². The van der Waals surface area contributed by atoms with Crippen molar-refractivity contribution in [2.75, 3.05) is 44.7 Å². The van der Waals surface area contributed by atoms with Crippen molar-refractivity contribution < 1.29 is 0 Å². The van der Waals surface area contributed by atoms with Crippen LogP contribution >= 0.6 is 11.8 Å². The molecule has 1 aromatic heterocycles. The molecule has 2 heterocycles. The number of hydrogen-bond donors (Lipinski definition) is 2. The molecule has 1 aromatic rings. The van der Waals surface area contributed by atoms with Crippen molar-refractivity contribution >= 4 is 17.7 Å². The zero-order valence-corrected chi connectivity index (χ0v) is 19.9. The Balaban J connectivity index is 1.62. The molecule has 1 aliphatic heterocycles. The molecule has 2 fully saturated rings. The van der Waals surface area contributed by atoms with Gasteiger partial charge >= 0.3 is 0 Å². The highest BCUT2D eigenvalue weighted by Crippen LogP contribution is 2.35. The molecular formula is C22H41N7S. The highest BCUT2D eigenvalue weighted by molar-refractivity contribution is 7.98. The van der Waals surface area contributed by atoms with E-state index in [1.807, 2.05) is 18.1 Å². The fraction of sp³-hybridized carbons (Fsp3) is 0.864. The normalized spacial score (nSPS) is 20.3. The van der Waals surface area contributed by atoms with Crippen LogP contribution in [0.5, 0.6) is 0 Å². The lowest BCUT2D eigenvalue weighted by molar-refractivity contribution is 0.0407. The molecule has 0 unspecified atom stereocenters. The summed E-state index contributed by atoms with van der Waals surface area (Å²) in [6.07, 6.45) is 15.7. The summed E-state index contributed by atoms with van der Waals surface area (Å²) in [4.78, 5) is 7.91. The molecule has 2 N–H and O–H groups in total. The van der Waals surface area contributed by atoms with Crippen LogP contribution in [0, 0.1) is 0 Å². The van der Waals surface area contributed by atoms with Gasteiger partial charge in [-0.2, -0.15) is 11.8 Å². The third-order valence-corrected chi connectivity index (χ3v) is 7.21. The largest absolute Gasteiger partial charge is 0.356 e. The van der Waals surface area contributed by atoms with Crippen molar-refractivity contribution in [2.45, 2.75) is 76.8 Å². The van der Waals surface area contributed by atoms with Gasteiger partial charge in [-0.05, 0) is 45.0 Å². The van der Waals surface area contributed by atoms with E-state index in [0.29, 0.717) is 0 Å². The van der Waals surface area contributed by atoms with Crippen molar-refractivity contribution in [2.24, 2.45) is 4.99 Å². The predicted octanol–water partition coefficient (Wildman–Crippen LogP) is 2.93. The highest BCUT2D eigenvalue weighted by Gasteiger charge is 2.38. The minimum absolute atomic E-state index is 0.274. The van der Waals surface area contributed by atoms with Crippen LogP contribution in [0.1, 0.15) is 64.1 Å². The molecule has 0 bridgehead atoms. The van der Waals surface area contributed by atoms with Gasteiger partial charge in [-0.15, -0.1) is 10.2 Å². The standard InChI is InChI=1S/C22H41N7S/c1-3-20-27-26-19-28(20)16-12-23-21(24-13-17-30-2)25-18-22(10-6-4-7-11-22)29-14-8-5-9-15-29/h19H,3-18H2,1-2H3,(H2,23,24,25). The molecule has 0 radical (unpaired) electrons. The smallest absolute Gasteiger partial charge is 0.191 e. The van der Waals surface area contributed by atoms with Gasteiger partial charge in [0.15, 0.2) is 5.96 Å². The summed E-state index contributed by atoms with van der Waals surface area (Å²) in [5.74, 6) is 3.08. The highest BCUT2D eigenvalue weighted by atomic mass is 32.2. The summed E-state index contributed by atoms with van der Waals surface area (Å²) in [7, 11) is 0. The van der Waals surface area contributed by atoms with Crippen LogP contribution in [0.3, 0.4) is 0 Å². The molecule has 1 aliphatic carbocycles. The van der Waals surface area contributed by atoms with E-state index in [1.54, 1.807) is 0 Å². The number of thioether (sulfide) groups is 1. The molecular weight excluding hydrogens is 394 g/mol. The lowest BCUT2D eigenvalue weighted by Crippen LogP contribution is -2.54. The number of aliphatic imine (C=N–C) groups is 1. The van der Waals surface area contributed by atoms with Gasteiger partial charge in [-0.25, -0.2) is 0 Å². The predicted molar refractivity (Wildman–Crippen MR) is 127 cm³/mol. The second-order valence-electron chi connectivity index (χ2n) is 8.64. The van der Waals surface area contributed by atoms with E-state index in [-0.39, 0.29) is 5.54 Å². The van der Waals surface area contributed by atoms with Crippen molar-refractivity contribution in [3.05, 3.63) is 12.2 Å². The molecule has 2 aliphatic rings. The Morgan fingerprint density at radius 2 is 1.83 bits per heavy atom. The van der Waals surface area contributed by atoms with E-state index >= 15 is 0 Å². The number of likely N-dealkylation sites (tertiary alicyclic amines) is 1. The number of guanidine groups is 1. The van der Waals surface area contributed by atoms with Crippen LogP contribution in [0.4, 0.5) is 0 Å². The van der Waals surface area contributed by atoms with E-state index < -0.39 is 0 Å². The van der Waals surface area contributed by atoms with Gasteiger partial charge in [-0.1, -0.05) is 32.6 Å². The maximum Gasteiger partial charge on any atom is 0.191 e. The Kier molecular flexibility index (Phi) is 9.78. The van der Waals surface area contributed by atoms with Crippen molar-refractivity contribution in [1.82, 2.24) is 30.3 Å². The summed E-state index contributed by atoms with van der Waals surface area (Å²) >= 11 is 1.86. The van der Waals surface area contributed by atoms with E-state index in [9.17, 15) is 0 Å². The van der Waals surface area contributed by atoms with Gasteiger partial charge in [0, 0.05) is 37.3 Å². The first-order valence-electron chi connectivity index (χ1n) is 11.9. The van der Waals surface area contributed by atoms with Crippen LogP contribution in [0.25, 0.3) is 0 Å². The second-order valence-corrected chi connectivity index (χ2v) is 9.62. The summed E-state index contributed by atoms with van der Waals surface area (Å²) in [5.41, 5.74) is 0.274. The molecule has 1 saturated carbocycles. The van der Waals surface area contributed by atoms with Gasteiger partial charge in [-0.3, -0.25) is 9.89 Å². The zero-order valence-electron chi connectivity index (χ0n) is 19.0. The minimum Gasteiger partial charge on any atom is -0.356 e. The SMILES string of the molecule is CCc1nncn1CCNC(=NCC1(N2CCCCC2)CCCCC1)NCCSC. The fourth-order valence-corrected chi connectivity index (χ4v) is 5.16. The maximum absolute atomic E-state index is 5.13. The molecule has 0 aromatic carbocycles. The van der Waals surface area contributed by atoms with Crippen LogP contribution in [-0.4, -0.2) is 75.9 Å². The molecule has 3 rings (SSSR count). The topological polar surface area (TPSA) is 70.4 Å². The lowest BCUT2D eigenvalue weighted by atomic mass is 9.79. The first-order valence-corrected chi connectivity index (χ1v) is 13.3. The van der Waals surface area contributed by atoms with Gasteiger partial charge < -0.3 is 15.2 Å². The fourth-order valence-electron chi connectivity index (χ4n) is 4.86. The maximum atomic E-state index is 5.13. The van der Waals surface area contributed by atoms with E-state index in [1.165, 1.54) is 64.5 Å². The first-order chi connectivity index (χ1) is 14.8. The quantitative estimate of drug-likeness (QED) is 0.335. The van der Waals surface area contributed by atoms with Crippen molar-refractivity contribution in [3.63, 3.8) is 0 Å². The third kappa shape index (κ3) is 6.61. The first kappa shape index (κ1) is 23.4. The Bertz CT molecular complexity index is 633. The average Bonchev–Trinajstić information content (AvgIpc) is 3.26. The second kappa shape index (κ2) is 12.5. The number of aromatic nitrogens is 3. The molecule has 1 saturated heterocycles. The van der Waals surface area contributed by atoms with Crippen LogP contribution in [0.15, 0.2) is 11.3 Å². The van der Waals surface area contributed by atoms with Crippen LogP contribution < -0.4 is 10.6 Å². The monoisotopic (exact) mass is 435 g/mol. The lowest BCUT2D eigenvalue weighted by Gasteiger charge is -2.47. The van der Waals surface area contributed by atoms with Crippen molar-refractivity contribution in [1.29, 1.82) is 0 Å². The zero-order chi connectivity index (χ0) is 21.1. The molecule has 0 amide bonds. The summed E-state index contributed by atoms with van der Waals surface area (Å²) in [6.45, 7) is 8.17. The number of aryl methyl sites for hydroxylation is 1. The minimum atomic E-state index is 0.274. The van der Waals surface area contributed by atoms with E-state index in [2.05, 4.69) is 43.5 Å². The number of rotatable bonds is 10. The van der Waals surface area contributed by atoms with Gasteiger partial charge in [0.25, 0.3) is 0 Å². The number of nitrogens with one attached hydrogen (secondary N) is 2. The number of piperidine rings is 1. The van der Waals surface area contributed by atoms with E-state index in [4.69, 9.17) is 4.99 Å². The molecule has 0 atom stereocenters. The molecule has 170 valence electrons. The number of hydrogen-bond acceptors (Lipinski definition) is 5. The Labute approximate surface area is 186 Å². The van der Waals surface area contributed by atoms with Crippen molar-refractivity contribution in [3.8, 4) is 0 Å². The molecule has 0 spiro atoms. The van der Waals surface area contributed by atoms with Gasteiger partial charge in [0.2, 0.25) is 0 Å². The summed E-state index contributed by atoms with van der Waals surface area (Å²) < 4.78 is 2.13. The Morgan fingerprint density at radius 1 is 1.10 bits per heavy atom. The van der Waals surface area contributed by atoms with E-state index in [0.717, 1.165) is 50.1 Å². The molecule has 8 heteroatoms. The van der Waals surface area contributed by atoms with Crippen LogP contribution in [0.2, 0.25) is 0 Å². The Morgan fingerprint density at radius 3 is 2.57 bits per heavy atom. The number of nitrogens with zero attached hydrogens (tertiary/aromatic N) is 5. The van der Waals surface area contributed by atoms with Gasteiger partial charge in [0.1, 0.15) is 12.2 Å². The Hall–Kier alpha value is -1.28. The molecule has 7 nitrogen and oxygen atoms in total. The summed E-state index contributed by atoms with van der Waals surface area (Å²) in [6, 6.07) is 0. The van der Waals surface area contributed by atoms with Crippen LogP contribution in [-0.2, 0) is 13.0 Å².